The molecule has 0 atom stereocenters. The first-order valence-electron chi connectivity index (χ1n) is 5.27. The summed E-state index contributed by atoms with van der Waals surface area (Å²) in [6.07, 6.45) is 0. The van der Waals surface area contributed by atoms with Crippen molar-refractivity contribution >= 4 is 0 Å². The van der Waals surface area contributed by atoms with Gasteiger partial charge in [-0.25, -0.2) is 4.39 Å². The number of benzene rings is 1. The highest BCUT2D eigenvalue weighted by Crippen LogP contribution is 2.24. The number of aromatic nitrogens is 2. The lowest BCUT2D eigenvalue weighted by molar-refractivity contribution is 0.312. The zero-order valence-corrected chi connectivity index (χ0v) is 9.99. The molecule has 1 aromatic heterocycles. The Labute approximate surface area is 98.6 Å². The second-order valence-corrected chi connectivity index (χ2v) is 4.60. The largest absolute Gasteiger partial charge is 0.337 e. The summed E-state index contributed by atoms with van der Waals surface area (Å²) in [5.41, 5.74) is 6.64. The molecule has 0 bridgehead atoms. The van der Waals surface area contributed by atoms with Crippen molar-refractivity contribution in [3.63, 3.8) is 0 Å². The van der Waals surface area contributed by atoms with E-state index in [0.717, 1.165) is 5.56 Å². The van der Waals surface area contributed by atoms with Crippen LogP contribution >= 0.6 is 0 Å². The third kappa shape index (κ3) is 2.34. The molecule has 0 aliphatic heterocycles. The lowest BCUT2D eigenvalue weighted by atomic mass is 10.1. The maximum absolute atomic E-state index is 13.2. The van der Waals surface area contributed by atoms with Crippen molar-refractivity contribution in [3.05, 3.63) is 35.5 Å². The van der Waals surface area contributed by atoms with E-state index in [0.29, 0.717) is 17.3 Å². The zero-order valence-electron chi connectivity index (χ0n) is 9.99. The minimum atomic E-state index is -0.702. The lowest BCUT2D eigenvalue weighted by Crippen LogP contribution is -2.28. The topological polar surface area (TPSA) is 64.9 Å². The highest BCUT2D eigenvalue weighted by molar-refractivity contribution is 5.59. The first-order valence-corrected chi connectivity index (χ1v) is 5.27. The van der Waals surface area contributed by atoms with Crippen molar-refractivity contribution in [2.24, 2.45) is 5.73 Å². The molecule has 2 N–H and O–H groups in total. The fraction of sp³-hybridized carbons (Fsp3) is 0.333. The predicted octanol–water partition coefficient (Wildman–Crippen LogP) is 2.38. The van der Waals surface area contributed by atoms with Gasteiger partial charge in [0.25, 0.3) is 0 Å². The van der Waals surface area contributed by atoms with Gasteiger partial charge in [-0.2, -0.15) is 4.98 Å². The monoisotopic (exact) mass is 235 g/mol. The van der Waals surface area contributed by atoms with Crippen molar-refractivity contribution in [1.82, 2.24) is 10.1 Å². The van der Waals surface area contributed by atoms with Gasteiger partial charge in [-0.1, -0.05) is 11.2 Å². The summed E-state index contributed by atoms with van der Waals surface area (Å²) in [5, 5.41) is 3.82. The van der Waals surface area contributed by atoms with E-state index >= 15 is 0 Å². The molecule has 17 heavy (non-hydrogen) atoms. The van der Waals surface area contributed by atoms with Gasteiger partial charge in [0.05, 0.1) is 5.54 Å². The predicted molar refractivity (Wildman–Crippen MR) is 61.6 cm³/mol. The first-order chi connectivity index (χ1) is 7.88. The maximum atomic E-state index is 13.2. The number of hydrogen-bond acceptors (Lipinski definition) is 4. The first kappa shape index (κ1) is 11.7. The van der Waals surface area contributed by atoms with E-state index in [1.807, 2.05) is 6.92 Å². The number of hydrogen-bond donors (Lipinski definition) is 1. The average Bonchev–Trinajstić information content (AvgIpc) is 2.70. The van der Waals surface area contributed by atoms with Crippen LogP contribution in [0, 0.1) is 12.7 Å². The molecule has 0 aliphatic rings. The van der Waals surface area contributed by atoms with Crippen LogP contribution < -0.4 is 5.73 Å². The molecule has 0 radical (unpaired) electrons. The van der Waals surface area contributed by atoms with E-state index in [2.05, 4.69) is 10.1 Å². The highest BCUT2D eigenvalue weighted by atomic mass is 19.1. The van der Waals surface area contributed by atoms with Crippen LogP contribution in [0.25, 0.3) is 11.4 Å². The van der Waals surface area contributed by atoms with Crippen LogP contribution in [0.1, 0.15) is 25.3 Å². The van der Waals surface area contributed by atoms with E-state index in [-0.39, 0.29) is 5.82 Å². The molecule has 2 aromatic rings. The quantitative estimate of drug-likeness (QED) is 0.867. The van der Waals surface area contributed by atoms with Crippen LogP contribution in [0.4, 0.5) is 4.39 Å². The van der Waals surface area contributed by atoms with Gasteiger partial charge in [0.2, 0.25) is 11.7 Å². The van der Waals surface area contributed by atoms with Gasteiger partial charge in [0.15, 0.2) is 0 Å². The molecule has 0 fully saturated rings. The van der Waals surface area contributed by atoms with Crippen LogP contribution in [0.15, 0.2) is 22.7 Å². The van der Waals surface area contributed by atoms with Gasteiger partial charge in [-0.05, 0) is 38.5 Å². The van der Waals surface area contributed by atoms with Gasteiger partial charge in [0, 0.05) is 5.56 Å². The molecule has 5 heteroatoms. The average molecular weight is 235 g/mol. The second kappa shape index (κ2) is 3.92. The van der Waals surface area contributed by atoms with E-state index in [9.17, 15) is 4.39 Å². The van der Waals surface area contributed by atoms with Crippen LogP contribution in [0.3, 0.4) is 0 Å². The molecule has 0 amide bonds. The number of nitrogens with two attached hydrogens (primary N) is 1. The molecule has 0 unspecified atom stereocenters. The van der Waals surface area contributed by atoms with Gasteiger partial charge in [-0.3, -0.25) is 0 Å². The van der Waals surface area contributed by atoms with Crippen molar-refractivity contribution in [1.29, 1.82) is 0 Å². The fourth-order valence-electron chi connectivity index (χ4n) is 1.43. The summed E-state index contributed by atoms with van der Waals surface area (Å²) in [5.74, 6) is 0.357. The third-order valence-electron chi connectivity index (χ3n) is 2.42. The van der Waals surface area contributed by atoms with E-state index < -0.39 is 5.54 Å². The summed E-state index contributed by atoms with van der Waals surface area (Å²) in [6.45, 7) is 5.39. The van der Waals surface area contributed by atoms with E-state index in [1.165, 1.54) is 12.1 Å². The van der Waals surface area contributed by atoms with Crippen LogP contribution in [-0.4, -0.2) is 10.1 Å². The van der Waals surface area contributed by atoms with Crippen LogP contribution in [0.2, 0.25) is 0 Å². The maximum Gasteiger partial charge on any atom is 0.246 e. The number of rotatable bonds is 2. The van der Waals surface area contributed by atoms with Crippen molar-refractivity contribution in [2.45, 2.75) is 26.3 Å². The Morgan fingerprint density at radius 3 is 2.65 bits per heavy atom. The van der Waals surface area contributed by atoms with Crippen LogP contribution in [0.5, 0.6) is 0 Å². The van der Waals surface area contributed by atoms with E-state index in [1.54, 1.807) is 19.9 Å². The van der Waals surface area contributed by atoms with Crippen LogP contribution in [-0.2, 0) is 5.54 Å². The lowest BCUT2D eigenvalue weighted by Gasteiger charge is -2.10. The van der Waals surface area contributed by atoms with Crippen molar-refractivity contribution in [3.8, 4) is 11.4 Å². The molecular weight excluding hydrogens is 221 g/mol. The van der Waals surface area contributed by atoms with Gasteiger partial charge >= 0.3 is 0 Å². The minimum Gasteiger partial charge on any atom is -0.337 e. The number of nitrogens with zero attached hydrogens (tertiary/aromatic N) is 2. The van der Waals surface area contributed by atoms with Gasteiger partial charge in [0.1, 0.15) is 5.82 Å². The summed E-state index contributed by atoms with van der Waals surface area (Å²) in [6, 6.07) is 4.45. The third-order valence-corrected chi connectivity index (χ3v) is 2.42. The molecule has 1 heterocycles. The fourth-order valence-corrected chi connectivity index (χ4v) is 1.43. The molecule has 0 aliphatic carbocycles. The highest BCUT2D eigenvalue weighted by Gasteiger charge is 2.23. The standard InChI is InChI=1S/C12H14FN3O/c1-7-4-5-8(13)6-9(7)10-15-11(17-16-10)12(2,3)14/h4-6H,14H2,1-3H3. The Balaban J connectivity index is 2.47. The molecule has 0 spiro atoms. The normalized spacial score (nSPS) is 11.8. The molecule has 4 nitrogen and oxygen atoms in total. The Morgan fingerprint density at radius 1 is 1.35 bits per heavy atom. The molecular formula is C12H14FN3O. The summed E-state index contributed by atoms with van der Waals surface area (Å²) < 4.78 is 18.2. The Bertz CT molecular complexity index is 543. The molecule has 0 saturated carbocycles. The van der Waals surface area contributed by atoms with Crippen molar-refractivity contribution in [2.75, 3.05) is 0 Å². The second-order valence-electron chi connectivity index (χ2n) is 4.60. The van der Waals surface area contributed by atoms with E-state index in [4.69, 9.17) is 10.3 Å². The Kier molecular flexibility index (Phi) is 2.71. The number of halogens is 1. The van der Waals surface area contributed by atoms with Gasteiger partial charge < -0.3 is 10.3 Å². The molecule has 1 aromatic carbocycles. The SMILES string of the molecule is Cc1ccc(F)cc1-c1noc(C(C)(C)N)n1. The summed E-state index contributed by atoms with van der Waals surface area (Å²) in [4.78, 5) is 4.18. The molecule has 2 rings (SSSR count). The molecule has 90 valence electrons. The van der Waals surface area contributed by atoms with Gasteiger partial charge in [-0.15, -0.1) is 0 Å². The zero-order chi connectivity index (χ0) is 12.6. The smallest absolute Gasteiger partial charge is 0.246 e. The minimum absolute atomic E-state index is 0.330. The molecule has 0 saturated heterocycles. The summed E-state index contributed by atoms with van der Waals surface area (Å²) in [7, 11) is 0. The number of aryl methyl sites for hydroxylation is 1. The Morgan fingerprint density at radius 2 is 2.06 bits per heavy atom. The Hall–Kier alpha value is -1.75. The van der Waals surface area contributed by atoms with Crippen molar-refractivity contribution < 1.29 is 8.91 Å². The summed E-state index contributed by atoms with van der Waals surface area (Å²) >= 11 is 0.